The predicted molar refractivity (Wildman–Crippen MR) is 76.9 cm³/mol. The fourth-order valence-corrected chi connectivity index (χ4v) is 1.43. The number of esters is 1. The molecule has 0 bridgehead atoms. The maximum Gasteiger partial charge on any atom is 0.408 e. The third kappa shape index (κ3) is 12.1. The van der Waals surface area contributed by atoms with E-state index < -0.39 is 17.7 Å². The van der Waals surface area contributed by atoms with E-state index in [4.69, 9.17) is 14.2 Å². The molecule has 0 fully saturated rings. The molecule has 7 heteroatoms. The summed E-state index contributed by atoms with van der Waals surface area (Å²) in [6.45, 7) is 8.66. The van der Waals surface area contributed by atoms with E-state index >= 15 is 0 Å². The second-order valence-electron chi connectivity index (χ2n) is 5.81. The van der Waals surface area contributed by atoms with Crippen molar-refractivity contribution in [2.24, 2.45) is 0 Å². The largest absolute Gasteiger partial charge is 0.463 e. The van der Waals surface area contributed by atoms with Crippen LogP contribution >= 0.6 is 0 Å². The van der Waals surface area contributed by atoms with Crippen LogP contribution < -0.4 is 5.32 Å². The third-order valence-corrected chi connectivity index (χ3v) is 2.30. The van der Waals surface area contributed by atoms with Crippen LogP contribution in [0.5, 0.6) is 0 Å². The fourth-order valence-electron chi connectivity index (χ4n) is 1.43. The molecule has 0 aliphatic carbocycles. The van der Waals surface area contributed by atoms with E-state index in [0.717, 1.165) is 0 Å². The lowest BCUT2D eigenvalue weighted by molar-refractivity contribution is -0.146. The normalized spacial score (nSPS) is 14.2. The molecule has 0 aromatic heterocycles. The van der Waals surface area contributed by atoms with Crippen molar-refractivity contribution in [1.82, 2.24) is 5.32 Å². The molecule has 2 N–H and O–H groups in total. The van der Waals surface area contributed by atoms with Crippen molar-refractivity contribution in [2.45, 2.75) is 58.8 Å². The van der Waals surface area contributed by atoms with Gasteiger partial charge in [-0.3, -0.25) is 4.79 Å². The Bertz CT molecular complexity index is 326. The van der Waals surface area contributed by atoms with Gasteiger partial charge in [0.15, 0.2) is 0 Å². The molecule has 21 heavy (non-hydrogen) atoms. The molecule has 0 heterocycles. The minimum Gasteiger partial charge on any atom is -0.463 e. The Kier molecular flexibility index (Phi) is 8.96. The van der Waals surface area contributed by atoms with Crippen molar-refractivity contribution >= 4 is 12.1 Å². The number of aliphatic hydroxyl groups is 1. The average molecular weight is 305 g/mol. The summed E-state index contributed by atoms with van der Waals surface area (Å²) in [4.78, 5) is 22.3. The highest BCUT2D eigenvalue weighted by atomic mass is 16.6. The lowest BCUT2D eigenvalue weighted by Crippen LogP contribution is -2.43. The number of hydrogen-bond acceptors (Lipinski definition) is 6. The van der Waals surface area contributed by atoms with Gasteiger partial charge in [-0.2, -0.15) is 0 Å². The van der Waals surface area contributed by atoms with E-state index in [-0.39, 0.29) is 25.3 Å². The van der Waals surface area contributed by atoms with Crippen LogP contribution in [0.2, 0.25) is 0 Å². The highest BCUT2D eigenvalue weighted by Gasteiger charge is 2.19. The average Bonchev–Trinajstić information content (AvgIpc) is 2.29. The topological polar surface area (TPSA) is 94.1 Å². The van der Waals surface area contributed by atoms with Gasteiger partial charge in [0, 0.05) is 13.3 Å². The first kappa shape index (κ1) is 19.7. The molecule has 0 saturated heterocycles. The first-order valence-electron chi connectivity index (χ1n) is 6.99. The number of nitrogens with one attached hydrogen (secondary N) is 1. The Morgan fingerprint density at radius 3 is 2.38 bits per heavy atom. The van der Waals surface area contributed by atoms with Crippen molar-refractivity contribution in [3.8, 4) is 0 Å². The summed E-state index contributed by atoms with van der Waals surface area (Å²) in [7, 11) is 0. The Morgan fingerprint density at radius 1 is 1.29 bits per heavy atom. The van der Waals surface area contributed by atoms with Gasteiger partial charge in [0.1, 0.15) is 11.7 Å². The zero-order chi connectivity index (χ0) is 16.5. The molecule has 2 atom stereocenters. The van der Waals surface area contributed by atoms with Gasteiger partial charge in [-0.1, -0.05) is 0 Å². The summed E-state index contributed by atoms with van der Waals surface area (Å²) in [6, 6.07) is -0.538. The Balaban J connectivity index is 3.90. The maximum atomic E-state index is 11.5. The number of amides is 1. The number of carbonyl (C=O) groups is 2. The first-order valence-corrected chi connectivity index (χ1v) is 6.99. The first-order chi connectivity index (χ1) is 9.64. The molecule has 0 aromatic carbocycles. The second kappa shape index (κ2) is 9.57. The van der Waals surface area contributed by atoms with Gasteiger partial charge in [-0.15, -0.1) is 0 Å². The highest BCUT2D eigenvalue weighted by molar-refractivity contribution is 5.68. The maximum absolute atomic E-state index is 11.5. The summed E-state index contributed by atoms with van der Waals surface area (Å²) in [5.41, 5.74) is -0.593. The number of carbonyl (C=O) groups excluding carboxylic acids is 2. The minimum absolute atomic E-state index is 0.155. The van der Waals surface area contributed by atoms with Crippen LogP contribution in [0.15, 0.2) is 0 Å². The van der Waals surface area contributed by atoms with Crippen LogP contribution in [0.3, 0.4) is 0 Å². The van der Waals surface area contributed by atoms with Gasteiger partial charge >= 0.3 is 12.1 Å². The molecular weight excluding hydrogens is 278 g/mol. The van der Waals surface area contributed by atoms with Crippen LogP contribution in [0, 0.1) is 0 Å². The molecule has 0 unspecified atom stereocenters. The minimum atomic E-state index is -0.599. The number of hydrogen-bond donors (Lipinski definition) is 2. The van der Waals surface area contributed by atoms with Crippen LogP contribution in [0.25, 0.3) is 0 Å². The van der Waals surface area contributed by atoms with Crippen molar-refractivity contribution < 1.29 is 28.9 Å². The van der Waals surface area contributed by atoms with Crippen molar-refractivity contribution in [2.75, 3.05) is 19.8 Å². The third-order valence-electron chi connectivity index (χ3n) is 2.30. The smallest absolute Gasteiger partial charge is 0.408 e. The number of ether oxygens (including phenoxy) is 3. The SMILES string of the molecule is CC(=O)O[C@H](C)CCOC[C@H](CO)NC(=O)OC(C)(C)C. The zero-order valence-electron chi connectivity index (χ0n) is 13.5. The highest BCUT2D eigenvalue weighted by Crippen LogP contribution is 2.06. The molecule has 0 radical (unpaired) electrons. The lowest BCUT2D eigenvalue weighted by atomic mass is 10.2. The Hall–Kier alpha value is -1.34. The Labute approximate surface area is 125 Å². The molecule has 0 spiro atoms. The van der Waals surface area contributed by atoms with Gasteiger partial charge in [0.25, 0.3) is 0 Å². The van der Waals surface area contributed by atoms with Gasteiger partial charge in [-0.05, 0) is 27.7 Å². The van der Waals surface area contributed by atoms with Crippen LogP contribution in [0.1, 0.15) is 41.0 Å². The predicted octanol–water partition coefficient (Wildman–Crippen LogP) is 1.23. The number of aliphatic hydroxyl groups excluding tert-OH is 1. The Morgan fingerprint density at radius 2 is 1.90 bits per heavy atom. The summed E-state index contributed by atoms with van der Waals surface area (Å²) < 4.78 is 15.4. The van der Waals surface area contributed by atoms with E-state index in [1.807, 2.05) is 0 Å². The summed E-state index contributed by atoms with van der Waals surface area (Å²) in [5.74, 6) is -0.331. The summed E-state index contributed by atoms with van der Waals surface area (Å²) >= 11 is 0. The molecule has 0 aromatic rings. The second-order valence-corrected chi connectivity index (χ2v) is 5.81. The molecule has 0 rings (SSSR count). The zero-order valence-corrected chi connectivity index (χ0v) is 13.5. The van der Waals surface area contributed by atoms with Crippen LogP contribution in [0.4, 0.5) is 4.79 Å². The van der Waals surface area contributed by atoms with E-state index in [0.29, 0.717) is 13.0 Å². The molecule has 0 aliphatic heterocycles. The standard InChI is InChI=1S/C14H27NO6/c1-10(20-11(2)17)6-7-19-9-12(8-16)15-13(18)21-14(3,4)5/h10,12,16H,6-9H2,1-5H3,(H,15,18)/t10-,12+/m1/s1. The monoisotopic (exact) mass is 305 g/mol. The quantitative estimate of drug-likeness (QED) is 0.517. The van der Waals surface area contributed by atoms with E-state index in [9.17, 15) is 14.7 Å². The van der Waals surface area contributed by atoms with Gasteiger partial charge < -0.3 is 24.6 Å². The molecule has 0 saturated carbocycles. The van der Waals surface area contributed by atoms with Crippen LogP contribution in [-0.4, -0.2) is 54.7 Å². The van der Waals surface area contributed by atoms with Gasteiger partial charge in [0.05, 0.1) is 25.9 Å². The number of alkyl carbamates (subject to hydrolysis) is 1. The van der Waals surface area contributed by atoms with E-state index in [2.05, 4.69) is 5.32 Å². The molecular formula is C14H27NO6. The van der Waals surface area contributed by atoms with Gasteiger partial charge in [0.2, 0.25) is 0 Å². The van der Waals surface area contributed by atoms with E-state index in [1.54, 1.807) is 27.7 Å². The van der Waals surface area contributed by atoms with Gasteiger partial charge in [-0.25, -0.2) is 4.79 Å². The summed E-state index contributed by atoms with van der Waals surface area (Å²) in [5, 5.41) is 11.7. The van der Waals surface area contributed by atoms with E-state index in [1.165, 1.54) is 6.92 Å². The van der Waals surface area contributed by atoms with Crippen molar-refractivity contribution in [3.05, 3.63) is 0 Å². The number of rotatable bonds is 8. The summed E-state index contributed by atoms with van der Waals surface area (Å²) in [6.07, 6.45) is -0.281. The molecule has 0 aliphatic rings. The molecule has 124 valence electrons. The van der Waals surface area contributed by atoms with Crippen LogP contribution in [-0.2, 0) is 19.0 Å². The van der Waals surface area contributed by atoms with Crippen molar-refractivity contribution in [3.63, 3.8) is 0 Å². The van der Waals surface area contributed by atoms with Crippen molar-refractivity contribution in [1.29, 1.82) is 0 Å². The molecule has 1 amide bonds. The fraction of sp³-hybridized carbons (Fsp3) is 0.857. The lowest BCUT2D eigenvalue weighted by Gasteiger charge is -2.22. The molecule has 7 nitrogen and oxygen atoms in total.